The summed E-state index contributed by atoms with van der Waals surface area (Å²) in [7, 11) is 0. The molecule has 0 aliphatic rings. The third-order valence-corrected chi connectivity index (χ3v) is 3.58. The first-order valence-electron chi connectivity index (χ1n) is 4.92. The second-order valence-corrected chi connectivity index (χ2v) is 5.10. The highest BCUT2D eigenvalue weighted by atomic mass is 35.5. The molecule has 1 aromatic carbocycles. The number of thiazole rings is 1. The van der Waals surface area contributed by atoms with Crippen molar-refractivity contribution < 1.29 is 0 Å². The van der Waals surface area contributed by atoms with Crippen molar-refractivity contribution in [2.75, 3.05) is 6.54 Å². The maximum Gasteiger partial charge on any atom is 0.0829 e. The molecule has 2 aromatic rings. The van der Waals surface area contributed by atoms with E-state index >= 15 is 0 Å². The first-order chi connectivity index (χ1) is 7.20. The molecule has 2 nitrogen and oxygen atoms in total. The van der Waals surface area contributed by atoms with Crippen LogP contribution in [0.5, 0.6) is 0 Å². The van der Waals surface area contributed by atoms with E-state index < -0.39 is 0 Å². The zero-order chi connectivity index (χ0) is 10.8. The van der Waals surface area contributed by atoms with Crippen molar-refractivity contribution in [1.29, 1.82) is 0 Å². The Morgan fingerprint density at radius 3 is 3.07 bits per heavy atom. The SMILES string of the molecule is CC(CN)Cc1cc(Cl)cc2ncsc12. The molecule has 1 atom stereocenters. The van der Waals surface area contributed by atoms with E-state index in [1.807, 2.05) is 17.6 Å². The normalized spacial score (nSPS) is 13.3. The van der Waals surface area contributed by atoms with Gasteiger partial charge in [-0.1, -0.05) is 18.5 Å². The van der Waals surface area contributed by atoms with Gasteiger partial charge in [-0.2, -0.15) is 0 Å². The van der Waals surface area contributed by atoms with Crippen LogP contribution >= 0.6 is 22.9 Å². The van der Waals surface area contributed by atoms with Crippen LogP contribution in [-0.2, 0) is 6.42 Å². The minimum absolute atomic E-state index is 0.480. The molecule has 0 radical (unpaired) electrons. The fourth-order valence-electron chi connectivity index (χ4n) is 1.61. The number of hydrogen-bond donors (Lipinski definition) is 1. The summed E-state index contributed by atoms with van der Waals surface area (Å²) in [6.45, 7) is 2.85. The van der Waals surface area contributed by atoms with Gasteiger partial charge in [-0.25, -0.2) is 4.98 Å². The van der Waals surface area contributed by atoms with Crippen molar-refractivity contribution in [3.8, 4) is 0 Å². The smallest absolute Gasteiger partial charge is 0.0829 e. The highest BCUT2D eigenvalue weighted by molar-refractivity contribution is 7.17. The number of aromatic nitrogens is 1. The van der Waals surface area contributed by atoms with Gasteiger partial charge in [0.05, 0.1) is 15.7 Å². The number of hydrogen-bond acceptors (Lipinski definition) is 3. The quantitative estimate of drug-likeness (QED) is 0.896. The Kier molecular flexibility index (Phi) is 3.24. The summed E-state index contributed by atoms with van der Waals surface area (Å²) < 4.78 is 1.24. The molecular weight excluding hydrogens is 228 g/mol. The molecule has 0 saturated heterocycles. The largest absolute Gasteiger partial charge is 0.330 e. The second kappa shape index (κ2) is 4.47. The summed E-state index contributed by atoms with van der Waals surface area (Å²) in [6, 6.07) is 3.93. The number of halogens is 1. The van der Waals surface area contributed by atoms with E-state index in [9.17, 15) is 0 Å². The molecular formula is C11H13ClN2S. The Morgan fingerprint density at radius 1 is 1.53 bits per heavy atom. The monoisotopic (exact) mass is 240 g/mol. The Balaban J connectivity index is 2.44. The van der Waals surface area contributed by atoms with Crippen LogP contribution in [0.4, 0.5) is 0 Å². The third-order valence-electron chi connectivity index (χ3n) is 2.44. The van der Waals surface area contributed by atoms with E-state index in [4.69, 9.17) is 17.3 Å². The van der Waals surface area contributed by atoms with E-state index in [0.717, 1.165) is 17.0 Å². The molecule has 0 amide bonds. The molecule has 1 unspecified atom stereocenters. The molecule has 4 heteroatoms. The lowest BCUT2D eigenvalue weighted by atomic mass is 10.0. The Hall–Kier alpha value is -0.640. The van der Waals surface area contributed by atoms with Crippen molar-refractivity contribution in [3.63, 3.8) is 0 Å². The molecule has 0 bridgehead atoms. The molecule has 1 heterocycles. The number of nitrogens with zero attached hydrogens (tertiary/aromatic N) is 1. The van der Waals surface area contributed by atoms with Gasteiger partial charge in [0.2, 0.25) is 0 Å². The van der Waals surface area contributed by atoms with Gasteiger partial charge in [0.1, 0.15) is 0 Å². The fourth-order valence-corrected chi connectivity index (χ4v) is 2.65. The van der Waals surface area contributed by atoms with Crippen LogP contribution < -0.4 is 5.73 Å². The van der Waals surface area contributed by atoms with Gasteiger partial charge >= 0.3 is 0 Å². The Labute approximate surface area is 98.1 Å². The van der Waals surface area contributed by atoms with Gasteiger partial charge in [-0.3, -0.25) is 0 Å². The van der Waals surface area contributed by atoms with Gasteiger partial charge in [-0.15, -0.1) is 11.3 Å². The summed E-state index contributed by atoms with van der Waals surface area (Å²) in [5, 5.41) is 0.757. The van der Waals surface area contributed by atoms with E-state index in [0.29, 0.717) is 12.5 Å². The molecule has 15 heavy (non-hydrogen) atoms. The molecule has 1 aromatic heterocycles. The lowest BCUT2D eigenvalue weighted by Crippen LogP contribution is -2.13. The molecule has 2 rings (SSSR count). The number of rotatable bonds is 3. The zero-order valence-corrected chi connectivity index (χ0v) is 10.1. The predicted octanol–water partition coefficient (Wildman–Crippen LogP) is 3.09. The van der Waals surface area contributed by atoms with Crippen molar-refractivity contribution in [2.24, 2.45) is 11.7 Å². The van der Waals surface area contributed by atoms with Gasteiger partial charge in [0.15, 0.2) is 0 Å². The Bertz CT molecular complexity index is 467. The molecule has 0 spiro atoms. The number of benzene rings is 1. The number of nitrogens with two attached hydrogens (primary N) is 1. The van der Waals surface area contributed by atoms with Crippen molar-refractivity contribution in [3.05, 3.63) is 28.2 Å². The predicted molar refractivity (Wildman–Crippen MR) is 66.6 cm³/mol. The van der Waals surface area contributed by atoms with Crippen LogP contribution in [-0.4, -0.2) is 11.5 Å². The molecule has 80 valence electrons. The number of fused-ring (bicyclic) bond motifs is 1. The van der Waals surface area contributed by atoms with E-state index in [-0.39, 0.29) is 0 Å². The molecule has 0 aliphatic carbocycles. The van der Waals surface area contributed by atoms with Crippen LogP contribution in [0.3, 0.4) is 0 Å². The third kappa shape index (κ3) is 2.30. The molecule has 0 fully saturated rings. The lowest BCUT2D eigenvalue weighted by molar-refractivity contribution is 0.595. The zero-order valence-electron chi connectivity index (χ0n) is 8.53. The first kappa shape index (κ1) is 10.9. The van der Waals surface area contributed by atoms with Crippen LogP contribution in [0.25, 0.3) is 10.2 Å². The maximum absolute atomic E-state index is 6.04. The minimum atomic E-state index is 0.480. The second-order valence-electron chi connectivity index (χ2n) is 3.81. The van der Waals surface area contributed by atoms with Gasteiger partial charge in [0, 0.05) is 5.02 Å². The van der Waals surface area contributed by atoms with E-state index in [1.165, 1.54) is 10.3 Å². The highest BCUT2D eigenvalue weighted by Gasteiger charge is 2.08. The van der Waals surface area contributed by atoms with E-state index in [2.05, 4.69) is 11.9 Å². The standard InChI is InChI=1S/C11H13ClN2S/c1-7(5-13)2-8-3-9(12)4-10-11(8)15-6-14-10/h3-4,6-7H,2,5,13H2,1H3. The summed E-state index contributed by atoms with van der Waals surface area (Å²) in [6.07, 6.45) is 0.968. The summed E-state index contributed by atoms with van der Waals surface area (Å²) in [5.41, 5.74) is 9.75. The van der Waals surface area contributed by atoms with Crippen LogP contribution in [0.1, 0.15) is 12.5 Å². The van der Waals surface area contributed by atoms with E-state index in [1.54, 1.807) is 11.3 Å². The van der Waals surface area contributed by atoms with Crippen molar-refractivity contribution in [1.82, 2.24) is 4.98 Å². The average molecular weight is 241 g/mol. The molecule has 0 saturated carbocycles. The summed E-state index contributed by atoms with van der Waals surface area (Å²) >= 11 is 7.71. The summed E-state index contributed by atoms with van der Waals surface area (Å²) in [4.78, 5) is 4.28. The van der Waals surface area contributed by atoms with Crippen LogP contribution in [0.15, 0.2) is 17.6 Å². The highest BCUT2D eigenvalue weighted by Crippen LogP contribution is 2.28. The maximum atomic E-state index is 6.04. The van der Waals surface area contributed by atoms with Crippen molar-refractivity contribution in [2.45, 2.75) is 13.3 Å². The van der Waals surface area contributed by atoms with Crippen molar-refractivity contribution >= 4 is 33.2 Å². The Morgan fingerprint density at radius 2 is 2.33 bits per heavy atom. The molecule has 0 aliphatic heterocycles. The van der Waals surface area contributed by atoms with Gasteiger partial charge in [-0.05, 0) is 36.6 Å². The summed E-state index contributed by atoms with van der Waals surface area (Å²) in [5.74, 6) is 0.480. The van der Waals surface area contributed by atoms with Crippen LogP contribution in [0, 0.1) is 5.92 Å². The average Bonchev–Trinajstić information content (AvgIpc) is 2.65. The first-order valence-corrected chi connectivity index (χ1v) is 6.18. The van der Waals surface area contributed by atoms with Gasteiger partial charge in [0.25, 0.3) is 0 Å². The lowest BCUT2D eigenvalue weighted by Gasteiger charge is -2.09. The van der Waals surface area contributed by atoms with Crippen LogP contribution in [0.2, 0.25) is 5.02 Å². The molecule has 2 N–H and O–H groups in total. The topological polar surface area (TPSA) is 38.9 Å². The minimum Gasteiger partial charge on any atom is -0.330 e. The van der Waals surface area contributed by atoms with Gasteiger partial charge < -0.3 is 5.73 Å². The fraction of sp³-hybridized carbons (Fsp3) is 0.364.